The molecule has 2 aromatic carbocycles. The van der Waals surface area contributed by atoms with Gasteiger partial charge in [0, 0.05) is 11.3 Å². The Labute approximate surface area is 151 Å². The van der Waals surface area contributed by atoms with Crippen LogP contribution < -0.4 is 21.1 Å². The number of carbonyl (C=O) groups is 2. The minimum Gasteiger partial charge on any atom is -0.544 e. The molecule has 0 aliphatic carbocycles. The Morgan fingerprint density at radius 2 is 1.73 bits per heavy atom. The molecule has 5 N–H and O–H groups in total. The minimum atomic E-state index is -1.28. The van der Waals surface area contributed by atoms with Gasteiger partial charge in [-0.15, -0.1) is 0 Å². The van der Waals surface area contributed by atoms with E-state index in [0.29, 0.717) is 12.2 Å². The summed E-state index contributed by atoms with van der Waals surface area (Å²) in [6.45, 7) is 2.09. The number of aliphatic carboxylic acids is 1. The molecule has 7 heteroatoms. The monoisotopic (exact) mass is 360 g/mol. The average molecular weight is 360 g/mol. The Hall–Kier alpha value is -2.77. The largest absolute Gasteiger partial charge is 0.544 e. The van der Waals surface area contributed by atoms with E-state index >= 15 is 0 Å². The van der Waals surface area contributed by atoms with Gasteiger partial charge in [0.1, 0.15) is 31.5 Å². The normalized spacial score (nSPS) is 11.7. The van der Waals surface area contributed by atoms with Gasteiger partial charge in [0.15, 0.2) is 0 Å². The number of anilines is 1. The summed E-state index contributed by atoms with van der Waals surface area (Å²) < 4.78 is 12.8. The Morgan fingerprint density at radius 3 is 2.38 bits per heavy atom. The highest BCUT2D eigenvalue weighted by molar-refractivity contribution is 5.93. The molecule has 0 bridgehead atoms. The van der Waals surface area contributed by atoms with Crippen LogP contribution in [-0.4, -0.2) is 31.0 Å². The Balaban J connectivity index is 1.71. The first-order valence-electron chi connectivity index (χ1n) is 8.50. The summed E-state index contributed by atoms with van der Waals surface area (Å²) in [5, 5.41) is 17.5. The molecule has 26 heavy (non-hydrogen) atoms. The first-order chi connectivity index (χ1) is 12.5. The maximum atomic E-state index is 12.8. The maximum absolute atomic E-state index is 12.8. The van der Waals surface area contributed by atoms with Crippen molar-refractivity contribution in [2.24, 2.45) is 0 Å². The van der Waals surface area contributed by atoms with E-state index in [1.165, 1.54) is 29.8 Å². The third-order valence-corrected chi connectivity index (χ3v) is 3.88. The summed E-state index contributed by atoms with van der Waals surface area (Å²) in [4.78, 5) is 23.2. The molecule has 0 radical (unpaired) electrons. The average Bonchev–Trinajstić information content (AvgIpc) is 2.63. The van der Waals surface area contributed by atoms with Gasteiger partial charge in [-0.1, -0.05) is 30.3 Å². The van der Waals surface area contributed by atoms with Crippen molar-refractivity contribution in [3.8, 4) is 0 Å². The van der Waals surface area contributed by atoms with E-state index in [2.05, 4.69) is 10.6 Å². The number of nitrogens with two attached hydrogens (primary N) is 2. The van der Waals surface area contributed by atoms with Gasteiger partial charge in [-0.05, 0) is 24.3 Å². The third kappa shape index (κ3) is 7.00. The second-order valence-corrected chi connectivity index (χ2v) is 5.98. The number of benzene rings is 2. The molecule has 2 aromatic rings. The fourth-order valence-electron chi connectivity index (χ4n) is 2.51. The van der Waals surface area contributed by atoms with E-state index < -0.39 is 23.7 Å². The standard InChI is InChI=1S/C19H22FN3O3/c20-15-6-8-16(9-7-15)23-18(24)12-17(19(25)26)22-11-10-21-13-14-4-2-1-3-5-14/h1-9,17,21-22H,10-13H2,(H,23,24)(H,25,26)/p+1/t17-/m1/s1. The Kier molecular flexibility index (Phi) is 7.73. The Morgan fingerprint density at radius 1 is 1.04 bits per heavy atom. The van der Waals surface area contributed by atoms with E-state index in [-0.39, 0.29) is 6.42 Å². The van der Waals surface area contributed by atoms with Crippen molar-refractivity contribution >= 4 is 17.6 Å². The lowest BCUT2D eigenvalue weighted by atomic mass is 10.2. The molecule has 138 valence electrons. The van der Waals surface area contributed by atoms with Gasteiger partial charge in [0.2, 0.25) is 5.91 Å². The van der Waals surface area contributed by atoms with Gasteiger partial charge < -0.3 is 25.9 Å². The molecule has 0 aliphatic heterocycles. The highest BCUT2D eigenvalue weighted by Crippen LogP contribution is 2.08. The minimum absolute atomic E-state index is 0.210. The van der Waals surface area contributed by atoms with Crippen molar-refractivity contribution < 1.29 is 29.7 Å². The van der Waals surface area contributed by atoms with Gasteiger partial charge >= 0.3 is 0 Å². The van der Waals surface area contributed by atoms with E-state index in [0.717, 1.165) is 13.1 Å². The number of halogens is 1. The summed E-state index contributed by atoms with van der Waals surface area (Å²) >= 11 is 0. The van der Waals surface area contributed by atoms with Crippen LogP contribution in [0.1, 0.15) is 12.0 Å². The van der Waals surface area contributed by atoms with Crippen molar-refractivity contribution in [3.63, 3.8) is 0 Å². The molecular formula is C19H23FN3O3+. The highest BCUT2D eigenvalue weighted by atomic mass is 19.1. The molecule has 1 amide bonds. The number of amides is 1. The number of quaternary nitrogens is 2. The summed E-state index contributed by atoms with van der Waals surface area (Å²) in [5.41, 5.74) is 1.62. The summed E-state index contributed by atoms with van der Waals surface area (Å²) in [7, 11) is 0. The van der Waals surface area contributed by atoms with Crippen molar-refractivity contribution in [2.45, 2.75) is 19.0 Å². The van der Waals surface area contributed by atoms with Crippen LogP contribution in [0.3, 0.4) is 0 Å². The second kappa shape index (κ2) is 10.3. The molecule has 0 spiro atoms. The zero-order valence-electron chi connectivity index (χ0n) is 14.4. The predicted molar refractivity (Wildman–Crippen MR) is 92.2 cm³/mol. The summed E-state index contributed by atoms with van der Waals surface area (Å²) in [6.07, 6.45) is -0.210. The molecule has 2 rings (SSSR count). The molecule has 0 fully saturated rings. The number of hydrogen-bond acceptors (Lipinski definition) is 3. The molecule has 0 aromatic heterocycles. The fraction of sp³-hybridized carbons (Fsp3) is 0.263. The van der Waals surface area contributed by atoms with Gasteiger partial charge in [0.05, 0.1) is 12.4 Å². The Bertz CT molecular complexity index is 708. The van der Waals surface area contributed by atoms with Crippen molar-refractivity contribution in [1.29, 1.82) is 0 Å². The van der Waals surface area contributed by atoms with Crippen LogP contribution in [-0.2, 0) is 16.1 Å². The molecule has 0 aliphatic rings. The summed E-state index contributed by atoms with van der Waals surface area (Å²) in [5.74, 6) is -2.13. The maximum Gasteiger partial charge on any atom is 0.230 e. The molecule has 1 atom stereocenters. The number of carboxylic acid groups (broad SMARTS) is 1. The van der Waals surface area contributed by atoms with Crippen molar-refractivity contribution in [2.75, 3.05) is 18.4 Å². The molecule has 0 saturated heterocycles. The van der Waals surface area contributed by atoms with Gasteiger partial charge in [-0.3, -0.25) is 4.79 Å². The van der Waals surface area contributed by atoms with Crippen LogP contribution >= 0.6 is 0 Å². The number of carboxylic acids is 1. The fourth-order valence-corrected chi connectivity index (χ4v) is 2.51. The zero-order valence-corrected chi connectivity index (χ0v) is 14.4. The topological polar surface area (TPSA) is 102 Å². The first kappa shape index (κ1) is 19.6. The van der Waals surface area contributed by atoms with Crippen LogP contribution in [0.25, 0.3) is 0 Å². The lowest BCUT2D eigenvalue weighted by Gasteiger charge is -2.16. The van der Waals surface area contributed by atoms with Crippen LogP contribution in [0.4, 0.5) is 10.1 Å². The van der Waals surface area contributed by atoms with Crippen LogP contribution in [0.5, 0.6) is 0 Å². The van der Waals surface area contributed by atoms with Gasteiger partial charge in [-0.25, -0.2) is 4.39 Å². The lowest BCUT2D eigenvalue weighted by Crippen LogP contribution is -2.99. The number of nitrogens with one attached hydrogen (secondary N) is 1. The van der Waals surface area contributed by atoms with Crippen LogP contribution in [0, 0.1) is 5.82 Å². The van der Waals surface area contributed by atoms with E-state index in [1.54, 1.807) is 5.32 Å². The SMILES string of the molecule is O=C(C[C@@H]([NH2+]CC[NH2+]Cc1ccccc1)C(=O)[O-])Nc1ccc(F)cc1. The van der Waals surface area contributed by atoms with Crippen LogP contribution in [0.2, 0.25) is 0 Å². The van der Waals surface area contributed by atoms with Crippen molar-refractivity contribution in [1.82, 2.24) is 0 Å². The molecule has 6 nitrogen and oxygen atoms in total. The van der Waals surface area contributed by atoms with Gasteiger partial charge in [0.25, 0.3) is 0 Å². The lowest BCUT2D eigenvalue weighted by molar-refractivity contribution is -0.742. The highest BCUT2D eigenvalue weighted by Gasteiger charge is 2.18. The number of rotatable bonds is 10. The third-order valence-electron chi connectivity index (χ3n) is 3.88. The van der Waals surface area contributed by atoms with E-state index in [9.17, 15) is 19.1 Å². The van der Waals surface area contributed by atoms with Crippen molar-refractivity contribution in [3.05, 3.63) is 66.0 Å². The number of hydrogen-bond donors (Lipinski definition) is 3. The molecular weight excluding hydrogens is 337 g/mol. The van der Waals surface area contributed by atoms with E-state index in [1.807, 2.05) is 30.3 Å². The second-order valence-electron chi connectivity index (χ2n) is 5.98. The van der Waals surface area contributed by atoms with Crippen LogP contribution in [0.15, 0.2) is 54.6 Å². The molecule has 0 heterocycles. The quantitative estimate of drug-likeness (QED) is 0.454. The zero-order chi connectivity index (χ0) is 18.8. The smallest absolute Gasteiger partial charge is 0.230 e. The van der Waals surface area contributed by atoms with Gasteiger partial charge in [-0.2, -0.15) is 0 Å². The molecule has 0 saturated carbocycles. The first-order valence-corrected chi connectivity index (χ1v) is 8.50. The number of carbonyl (C=O) groups excluding carboxylic acids is 2. The predicted octanol–water partition coefficient (Wildman–Crippen LogP) is -1.40. The van der Waals surface area contributed by atoms with E-state index in [4.69, 9.17) is 0 Å². The summed E-state index contributed by atoms with van der Waals surface area (Å²) in [6, 6.07) is 14.3. The molecule has 0 unspecified atom stereocenters.